The van der Waals surface area contributed by atoms with E-state index in [9.17, 15) is 18.4 Å². The van der Waals surface area contributed by atoms with Crippen molar-refractivity contribution in [3.8, 4) is 0 Å². The van der Waals surface area contributed by atoms with Gasteiger partial charge in [0.25, 0.3) is 0 Å². The van der Waals surface area contributed by atoms with E-state index < -0.39 is 41.5 Å². The number of hydrogen-bond donors (Lipinski definition) is 4. The summed E-state index contributed by atoms with van der Waals surface area (Å²) < 4.78 is 26.1. The Labute approximate surface area is 107 Å². The zero-order valence-corrected chi connectivity index (χ0v) is 9.85. The summed E-state index contributed by atoms with van der Waals surface area (Å²) in [6.45, 7) is 1.17. The quantitative estimate of drug-likeness (QED) is 0.656. The van der Waals surface area contributed by atoms with E-state index in [1.807, 2.05) is 10.6 Å². The average molecular weight is 274 g/mol. The molecule has 0 aliphatic heterocycles. The predicted octanol–water partition coefficient (Wildman–Crippen LogP) is 0.920. The zero-order chi connectivity index (χ0) is 14.6. The van der Waals surface area contributed by atoms with Crippen molar-refractivity contribution in [1.82, 2.24) is 5.32 Å². The van der Waals surface area contributed by atoms with Crippen LogP contribution in [0.4, 0.5) is 19.3 Å². The van der Waals surface area contributed by atoms with E-state index in [1.165, 1.54) is 6.92 Å². The minimum Gasteiger partial charge on any atom is -0.480 e. The minimum atomic E-state index is -1.56. The molecule has 0 fully saturated rings. The molecule has 0 heterocycles. The predicted molar refractivity (Wildman–Crippen MR) is 61.6 cm³/mol. The first-order valence-corrected chi connectivity index (χ1v) is 5.24. The molecule has 1 aromatic carbocycles. The molecule has 0 radical (unpaired) electrons. The maximum absolute atomic E-state index is 13.2. The van der Waals surface area contributed by atoms with Crippen LogP contribution >= 0.6 is 0 Å². The number of nitrogens with one attached hydrogen (secondary N) is 2. The lowest BCUT2D eigenvalue weighted by Crippen LogP contribution is -2.49. The molecule has 1 rings (SSSR count). The van der Waals surface area contributed by atoms with Gasteiger partial charge in [0.15, 0.2) is 6.04 Å². The van der Waals surface area contributed by atoms with E-state index in [2.05, 4.69) is 0 Å². The number of halogens is 2. The molecule has 4 N–H and O–H groups in total. The Morgan fingerprint density at radius 2 is 1.95 bits per heavy atom. The van der Waals surface area contributed by atoms with Crippen molar-refractivity contribution in [1.29, 1.82) is 0 Å². The van der Waals surface area contributed by atoms with Gasteiger partial charge in [-0.1, -0.05) is 0 Å². The van der Waals surface area contributed by atoms with Crippen LogP contribution in [-0.2, 0) is 4.79 Å². The first-order valence-electron chi connectivity index (χ1n) is 5.24. The summed E-state index contributed by atoms with van der Waals surface area (Å²) in [4.78, 5) is 22.1. The normalized spacial score (nSPS) is 13.5. The summed E-state index contributed by atoms with van der Waals surface area (Å²) in [6.07, 6.45) is -1.35. The third-order valence-corrected chi connectivity index (χ3v) is 2.21. The molecule has 8 heteroatoms. The number of aliphatic carboxylic acids is 1. The molecule has 0 saturated heterocycles. The van der Waals surface area contributed by atoms with Gasteiger partial charge in [-0.05, 0) is 19.1 Å². The molecule has 0 unspecified atom stereocenters. The zero-order valence-electron chi connectivity index (χ0n) is 9.85. The lowest BCUT2D eigenvalue weighted by atomic mass is 10.2. The van der Waals surface area contributed by atoms with Crippen LogP contribution in [0.2, 0.25) is 0 Å². The van der Waals surface area contributed by atoms with Crippen LogP contribution in [0.3, 0.4) is 0 Å². The Morgan fingerprint density at radius 3 is 2.47 bits per heavy atom. The number of benzene rings is 1. The van der Waals surface area contributed by atoms with Crippen LogP contribution in [0, 0.1) is 11.6 Å². The largest absolute Gasteiger partial charge is 0.480 e. The van der Waals surface area contributed by atoms with Gasteiger partial charge in [-0.3, -0.25) is 0 Å². The van der Waals surface area contributed by atoms with Gasteiger partial charge in [0, 0.05) is 6.07 Å². The average Bonchev–Trinajstić information content (AvgIpc) is 2.30. The van der Waals surface area contributed by atoms with Gasteiger partial charge >= 0.3 is 12.0 Å². The van der Waals surface area contributed by atoms with E-state index in [0.29, 0.717) is 0 Å². The molecule has 0 aliphatic carbocycles. The number of amides is 2. The van der Waals surface area contributed by atoms with Crippen LogP contribution in [0.1, 0.15) is 6.92 Å². The molecule has 2 atom stereocenters. The fourth-order valence-electron chi connectivity index (χ4n) is 1.28. The highest BCUT2D eigenvalue weighted by Crippen LogP contribution is 2.15. The summed E-state index contributed by atoms with van der Waals surface area (Å²) in [5, 5.41) is 21.7. The fourth-order valence-corrected chi connectivity index (χ4v) is 1.28. The van der Waals surface area contributed by atoms with E-state index >= 15 is 0 Å². The monoisotopic (exact) mass is 274 g/mol. The number of carbonyl (C=O) groups excluding carboxylic acids is 1. The number of aliphatic hydroxyl groups excluding tert-OH is 1. The van der Waals surface area contributed by atoms with Gasteiger partial charge in [0.1, 0.15) is 11.6 Å². The molecule has 1 aromatic rings. The highest BCUT2D eigenvalue weighted by molar-refractivity contribution is 5.92. The third kappa shape index (κ3) is 4.18. The first kappa shape index (κ1) is 14.8. The summed E-state index contributed by atoms with van der Waals surface area (Å²) in [5.41, 5.74) is -0.438. The molecule has 0 aliphatic rings. The van der Waals surface area contributed by atoms with Crippen LogP contribution in [0.5, 0.6) is 0 Å². The number of carboxylic acid groups (broad SMARTS) is 1. The van der Waals surface area contributed by atoms with Gasteiger partial charge in [0.05, 0.1) is 11.8 Å². The maximum atomic E-state index is 13.2. The molecular formula is C11H12F2N2O4. The van der Waals surface area contributed by atoms with E-state index in [0.717, 1.165) is 18.2 Å². The maximum Gasteiger partial charge on any atom is 0.328 e. The second-order valence-corrected chi connectivity index (χ2v) is 3.78. The molecule has 0 bridgehead atoms. The molecule has 0 spiro atoms. The molecule has 2 amide bonds. The SMILES string of the molecule is C[C@@H](O)[C@H](NC(=O)Nc1cc(F)ccc1F)C(=O)O. The molecule has 0 aromatic heterocycles. The number of carboxylic acids is 1. The molecular weight excluding hydrogens is 262 g/mol. The lowest BCUT2D eigenvalue weighted by Gasteiger charge is -2.17. The topological polar surface area (TPSA) is 98.7 Å². The Kier molecular flexibility index (Phi) is 4.76. The molecule has 0 saturated carbocycles. The van der Waals surface area contributed by atoms with Gasteiger partial charge in [0.2, 0.25) is 0 Å². The van der Waals surface area contributed by atoms with Crippen LogP contribution in [0.25, 0.3) is 0 Å². The number of carbonyl (C=O) groups is 2. The van der Waals surface area contributed by atoms with Crippen molar-refractivity contribution < 1.29 is 28.6 Å². The number of hydrogen-bond acceptors (Lipinski definition) is 3. The van der Waals surface area contributed by atoms with Crippen LogP contribution in [0.15, 0.2) is 18.2 Å². The number of rotatable bonds is 4. The van der Waals surface area contributed by atoms with Gasteiger partial charge < -0.3 is 20.8 Å². The van der Waals surface area contributed by atoms with E-state index in [4.69, 9.17) is 10.2 Å². The van der Waals surface area contributed by atoms with Crippen molar-refractivity contribution in [2.75, 3.05) is 5.32 Å². The van der Waals surface area contributed by atoms with E-state index in [1.54, 1.807) is 0 Å². The third-order valence-electron chi connectivity index (χ3n) is 2.21. The van der Waals surface area contributed by atoms with Crippen molar-refractivity contribution >= 4 is 17.7 Å². The first-order chi connectivity index (χ1) is 8.81. The van der Waals surface area contributed by atoms with Crippen LogP contribution in [-0.4, -0.2) is 34.4 Å². The van der Waals surface area contributed by atoms with Crippen LogP contribution < -0.4 is 10.6 Å². The van der Waals surface area contributed by atoms with Crippen molar-refractivity contribution in [3.05, 3.63) is 29.8 Å². The van der Waals surface area contributed by atoms with E-state index in [-0.39, 0.29) is 0 Å². The number of urea groups is 1. The van der Waals surface area contributed by atoms with Crippen molar-refractivity contribution in [3.63, 3.8) is 0 Å². The molecule has 19 heavy (non-hydrogen) atoms. The van der Waals surface area contributed by atoms with Gasteiger partial charge in [-0.15, -0.1) is 0 Å². The Bertz CT molecular complexity index is 494. The van der Waals surface area contributed by atoms with Crippen molar-refractivity contribution in [2.45, 2.75) is 19.1 Å². The number of aliphatic hydroxyl groups is 1. The number of anilines is 1. The van der Waals surface area contributed by atoms with Crippen molar-refractivity contribution in [2.24, 2.45) is 0 Å². The van der Waals surface area contributed by atoms with Gasteiger partial charge in [-0.25, -0.2) is 18.4 Å². The fraction of sp³-hybridized carbons (Fsp3) is 0.273. The minimum absolute atomic E-state index is 0.438. The Balaban J connectivity index is 2.74. The molecule has 6 nitrogen and oxygen atoms in total. The molecule has 104 valence electrons. The highest BCUT2D eigenvalue weighted by atomic mass is 19.1. The highest BCUT2D eigenvalue weighted by Gasteiger charge is 2.25. The standard InChI is InChI=1S/C11H12F2N2O4/c1-5(16)9(10(17)18)15-11(19)14-8-4-6(12)2-3-7(8)13/h2-5,9,16H,1H3,(H,17,18)(H2,14,15,19)/t5-,9+/m1/s1. The Hall–Kier alpha value is -2.22. The Morgan fingerprint density at radius 1 is 1.32 bits per heavy atom. The summed E-state index contributed by atoms with van der Waals surface area (Å²) in [6, 6.07) is -0.204. The lowest BCUT2D eigenvalue weighted by molar-refractivity contribution is -0.141. The smallest absolute Gasteiger partial charge is 0.328 e. The summed E-state index contributed by atoms with van der Waals surface area (Å²) in [7, 11) is 0. The van der Waals surface area contributed by atoms with Gasteiger partial charge in [-0.2, -0.15) is 0 Å². The summed E-state index contributed by atoms with van der Waals surface area (Å²) in [5.74, 6) is -3.09. The second kappa shape index (κ2) is 6.10. The second-order valence-electron chi connectivity index (χ2n) is 3.78. The summed E-state index contributed by atoms with van der Waals surface area (Å²) >= 11 is 0.